The number of ether oxygens (including phenoxy) is 2. The van der Waals surface area contributed by atoms with Gasteiger partial charge in [-0.3, -0.25) is 4.79 Å². The van der Waals surface area contributed by atoms with Crippen LogP contribution in [0.2, 0.25) is 0 Å². The van der Waals surface area contributed by atoms with Gasteiger partial charge in [-0.2, -0.15) is 12.6 Å². The van der Waals surface area contributed by atoms with Crippen molar-refractivity contribution in [1.82, 2.24) is 4.90 Å². The van der Waals surface area contributed by atoms with E-state index in [-0.39, 0.29) is 25.3 Å². The lowest BCUT2D eigenvalue weighted by Crippen LogP contribution is -2.42. The number of likely N-dealkylation sites (tertiary alicyclic amines) is 1. The van der Waals surface area contributed by atoms with E-state index in [1.807, 2.05) is 0 Å². The zero-order chi connectivity index (χ0) is 13.1. The first-order valence-electron chi connectivity index (χ1n) is 5.23. The molecule has 0 aliphatic carbocycles. The fraction of sp³-hybridized carbons (Fsp3) is 0.800. The highest BCUT2D eigenvalue weighted by Gasteiger charge is 2.49. The Labute approximate surface area is 105 Å². The van der Waals surface area contributed by atoms with Crippen LogP contribution in [-0.4, -0.2) is 60.2 Å². The van der Waals surface area contributed by atoms with Crippen molar-refractivity contribution < 1.29 is 24.2 Å². The Kier molecular flexibility index (Phi) is 4.79. The van der Waals surface area contributed by atoms with E-state index in [1.54, 1.807) is 0 Å². The number of hydrogen-bond acceptors (Lipinski definition) is 5. The SMILES string of the molecule is COC1(OC)C[C@@H](C(=O)O)N(C(=O)CCS)C1. The Morgan fingerprint density at radius 1 is 1.47 bits per heavy atom. The van der Waals surface area contributed by atoms with E-state index < -0.39 is 17.8 Å². The van der Waals surface area contributed by atoms with Crippen molar-refractivity contribution in [2.75, 3.05) is 26.5 Å². The van der Waals surface area contributed by atoms with Crippen LogP contribution in [0.15, 0.2) is 0 Å². The second-order valence-corrected chi connectivity index (χ2v) is 4.32. The minimum Gasteiger partial charge on any atom is -0.480 e. The quantitative estimate of drug-likeness (QED) is 0.538. The normalized spacial score (nSPS) is 22.8. The summed E-state index contributed by atoms with van der Waals surface area (Å²) in [5.41, 5.74) is 0. The number of methoxy groups -OCH3 is 2. The average Bonchev–Trinajstić information content (AvgIpc) is 2.70. The van der Waals surface area contributed by atoms with Crippen molar-refractivity contribution in [2.24, 2.45) is 0 Å². The van der Waals surface area contributed by atoms with E-state index in [0.29, 0.717) is 5.75 Å². The zero-order valence-electron chi connectivity index (χ0n) is 9.88. The molecule has 0 aromatic heterocycles. The predicted molar refractivity (Wildman–Crippen MR) is 63.0 cm³/mol. The van der Waals surface area contributed by atoms with Gasteiger partial charge in [0.05, 0.1) is 6.54 Å². The van der Waals surface area contributed by atoms with Crippen molar-refractivity contribution in [1.29, 1.82) is 0 Å². The van der Waals surface area contributed by atoms with Gasteiger partial charge in [0.15, 0.2) is 5.79 Å². The van der Waals surface area contributed by atoms with Gasteiger partial charge in [0.1, 0.15) is 6.04 Å². The summed E-state index contributed by atoms with van der Waals surface area (Å²) >= 11 is 3.97. The number of carboxylic acids is 1. The number of amides is 1. The number of hydrogen-bond donors (Lipinski definition) is 2. The number of rotatable bonds is 5. The smallest absolute Gasteiger partial charge is 0.326 e. The Morgan fingerprint density at radius 3 is 2.47 bits per heavy atom. The lowest BCUT2D eigenvalue weighted by molar-refractivity contribution is -0.197. The molecule has 1 amide bonds. The van der Waals surface area contributed by atoms with Crippen molar-refractivity contribution in [2.45, 2.75) is 24.7 Å². The Balaban J connectivity index is 2.87. The van der Waals surface area contributed by atoms with E-state index in [9.17, 15) is 9.59 Å². The maximum atomic E-state index is 11.8. The molecule has 1 heterocycles. The van der Waals surface area contributed by atoms with E-state index in [0.717, 1.165) is 0 Å². The molecule has 0 saturated carbocycles. The summed E-state index contributed by atoms with van der Waals surface area (Å²) in [5, 5.41) is 9.10. The molecule has 1 atom stereocenters. The highest BCUT2D eigenvalue weighted by molar-refractivity contribution is 7.80. The molecular formula is C10H17NO5S. The second-order valence-electron chi connectivity index (χ2n) is 3.87. The van der Waals surface area contributed by atoms with Crippen molar-refractivity contribution in [3.8, 4) is 0 Å². The summed E-state index contributed by atoms with van der Waals surface area (Å²) in [5.74, 6) is -1.93. The largest absolute Gasteiger partial charge is 0.480 e. The first kappa shape index (κ1) is 14.3. The number of carbonyl (C=O) groups is 2. The standard InChI is InChI=1S/C10H17NO5S/c1-15-10(16-2)5-7(9(13)14)11(6-10)8(12)3-4-17/h7,17H,3-6H2,1-2H3,(H,13,14)/t7-/m0/s1. The number of carboxylic acid groups (broad SMARTS) is 1. The Hall–Kier alpha value is -0.790. The van der Waals surface area contributed by atoms with Gasteiger partial charge in [0.2, 0.25) is 5.91 Å². The van der Waals surface area contributed by atoms with Crippen LogP contribution in [0.5, 0.6) is 0 Å². The van der Waals surface area contributed by atoms with E-state index in [1.165, 1.54) is 19.1 Å². The topological polar surface area (TPSA) is 76.1 Å². The molecule has 0 aromatic carbocycles. The lowest BCUT2D eigenvalue weighted by atomic mass is 10.1. The fourth-order valence-electron chi connectivity index (χ4n) is 1.94. The molecule has 7 heteroatoms. The summed E-state index contributed by atoms with van der Waals surface area (Å²) in [6, 6.07) is -0.901. The van der Waals surface area contributed by atoms with E-state index in [4.69, 9.17) is 14.6 Å². The molecule has 0 radical (unpaired) electrons. The highest BCUT2D eigenvalue weighted by Crippen LogP contribution is 2.31. The van der Waals surface area contributed by atoms with Gasteiger partial charge in [-0.1, -0.05) is 0 Å². The third kappa shape index (κ3) is 2.91. The third-order valence-corrected chi connectivity index (χ3v) is 3.19. The third-order valence-electron chi connectivity index (χ3n) is 2.97. The fourth-order valence-corrected chi connectivity index (χ4v) is 2.13. The Morgan fingerprint density at radius 2 is 2.06 bits per heavy atom. The predicted octanol–water partition coefficient (Wildman–Crippen LogP) is -0.0191. The molecule has 6 nitrogen and oxygen atoms in total. The zero-order valence-corrected chi connectivity index (χ0v) is 10.8. The number of aliphatic carboxylic acids is 1. The van der Waals surface area contributed by atoms with Crippen LogP contribution in [0.25, 0.3) is 0 Å². The lowest BCUT2D eigenvalue weighted by Gasteiger charge is -2.25. The molecule has 0 unspecified atom stereocenters. The number of carbonyl (C=O) groups excluding carboxylic acids is 1. The Bertz CT molecular complexity index is 305. The van der Waals surface area contributed by atoms with Crippen LogP contribution in [0.4, 0.5) is 0 Å². The van der Waals surface area contributed by atoms with Crippen molar-refractivity contribution in [3.05, 3.63) is 0 Å². The van der Waals surface area contributed by atoms with Crippen LogP contribution in [0.1, 0.15) is 12.8 Å². The molecule has 0 bridgehead atoms. The minimum atomic E-state index is -1.05. The molecule has 0 spiro atoms. The molecule has 0 aromatic rings. The first-order chi connectivity index (χ1) is 7.99. The average molecular weight is 263 g/mol. The van der Waals surface area contributed by atoms with E-state index >= 15 is 0 Å². The maximum Gasteiger partial charge on any atom is 0.326 e. The number of thiol groups is 1. The van der Waals surface area contributed by atoms with Gasteiger partial charge in [0.25, 0.3) is 0 Å². The van der Waals surface area contributed by atoms with Crippen LogP contribution >= 0.6 is 12.6 Å². The van der Waals surface area contributed by atoms with Crippen molar-refractivity contribution in [3.63, 3.8) is 0 Å². The molecule has 1 fully saturated rings. The maximum absolute atomic E-state index is 11.8. The van der Waals surface area contributed by atoms with E-state index in [2.05, 4.69) is 12.6 Å². The van der Waals surface area contributed by atoms with Gasteiger partial charge in [-0.15, -0.1) is 0 Å². The molecular weight excluding hydrogens is 246 g/mol. The van der Waals surface area contributed by atoms with Gasteiger partial charge in [-0.25, -0.2) is 4.79 Å². The molecule has 17 heavy (non-hydrogen) atoms. The summed E-state index contributed by atoms with van der Waals surface area (Å²) in [4.78, 5) is 24.2. The monoisotopic (exact) mass is 263 g/mol. The van der Waals surface area contributed by atoms with Crippen LogP contribution in [-0.2, 0) is 19.1 Å². The summed E-state index contributed by atoms with van der Waals surface area (Å²) < 4.78 is 10.4. The van der Waals surface area contributed by atoms with Gasteiger partial charge in [0, 0.05) is 27.1 Å². The molecule has 1 N–H and O–H groups in total. The highest BCUT2D eigenvalue weighted by atomic mass is 32.1. The molecule has 1 rings (SSSR count). The second kappa shape index (κ2) is 5.70. The summed E-state index contributed by atoms with van der Waals surface area (Å²) in [7, 11) is 2.88. The van der Waals surface area contributed by atoms with Crippen molar-refractivity contribution >= 4 is 24.5 Å². The molecule has 1 aliphatic heterocycles. The summed E-state index contributed by atoms with van der Waals surface area (Å²) in [6.45, 7) is 0.129. The minimum absolute atomic E-state index is 0.129. The number of nitrogens with zero attached hydrogens (tertiary/aromatic N) is 1. The van der Waals surface area contributed by atoms with Gasteiger partial charge >= 0.3 is 5.97 Å². The van der Waals surface area contributed by atoms with Gasteiger partial charge in [-0.05, 0) is 5.75 Å². The van der Waals surface area contributed by atoms with Gasteiger partial charge < -0.3 is 19.5 Å². The molecule has 1 saturated heterocycles. The van der Waals surface area contributed by atoms with Crippen LogP contribution in [0.3, 0.4) is 0 Å². The molecule has 98 valence electrons. The van der Waals surface area contributed by atoms with Crippen LogP contribution in [0, 0.1) is 0 Å². The molecule has 1 aliphatic rings. The van der Waals surface area contributed by atoms with Crippen LogP contribution < -0.4 is 0 Å². The summed E-state index contributed by atoms with van der Waals surface area (Å²) in [6.07, 6.45) is 0.337. The first-order valence-corrected chi connectivity index (χ1v) is 5.86.